The van der Waals surface area contributed by atoms with Crippen LogP contribution in [0.25, 0.3) is 22.2 Å². The van der Waals surface area contributed by atoms with Crippen molar-refractivity contribution in [3.05, 3.63) is 65.5 Å². The predicted octanol–water partition coefficient (Wildman–Crippen LogP) is 5.22. The number of methoxy groups -OCH3 is 1. The molecule has 0 spiro atoms. The van der Waals surface area contributed by atoms with Crippen molar-refractivity contribution in [1.29, 1.82) is 0 Å². The van der Waals surface area contributed by atoms with Gasteiger partial charge in [-0.05, 0) is 69.1 Å². The van der Waals surface area contributed by atoms with E-state index in [2.05, 4.69) is 15.0 Å². The van der Waals surface area contributed by atoms with E-state index < -0.39 is 0 Å². The molecule has 4 rings (SSSR count). The van der Waals surface area contributed by atoms with Crippen LogP contribution in [-0.2, 0) is 4.79 Å². The lowest BCUT2D eigenvalue weighted by Gasteiger charge is -2.23. The number of imidazole rings is 1. The molecule has 4 aromatic rings. The molecule has 196 valence electrons. The number of nitrogens with one attached hydrogen (secondary N) is 1. The molecule has 3 N–H and O–H groups in total. The van der Waals surface area contributed by atoms with Gasteiger partial charge in [0.2, 0.25) is 6.08 Å². The maximum Gasteiger partial charge on any atom is 0.260 e. The molecule has 0 aliphatic heterocycles. The van der Waals surface area contributed by atoms with E-state index in [1.54, 1.807) is 25.3 Å². The van der Waals surface area contributed by atoms with Crippen LogP contribution in [-0.4, -0.2) is 49.3 Å². The molecular formula is C29H31N5O4. The maximum atomic E-state index is 13.8. The van der Waals surface area contributed by atoms with Crippen LogP contribution < -0.4 is 20.1 Å². The summed E-state index contributed by atoms with van der Waals surface area (Å²) in [5.41, 5.74) is 10.5. The highest BCUT2D eigenvalue weighted by molar-refractivity contribution is 6.11. The van der Waals surface area contributed by atoms with Crippen molar-refractivity contribution < 1.29 is 19.1 Å². The number of carbonyl (C=O) groups is 1. The number of hydrogen-bond donors (Lipinski definition) is 2. The van der Waals surface area contributed by atoms with Crippen molar-refractivity contribution in [1.82, 2.24) is 9.97 Å². The molecule has 0 aliphatic carbocycles. The standard InChI is InChI=1S/C29H31N5O4/c1-18-10-13-24(25(16-18)38-15-6-5-14-30)34(3)29(36)22-12-11-21(28(37-4)27(22)31-17-35)20-8-7-9-23-26(20)33-19(2)32-23/h7-13,16H,5-6,14-15,30H2,1-4H3,(H,32,33). The summed E-state index contributed by atoms with van der Waals surface area (Å²) in [6.07, 6.45) is 3.23. The number of nitrogens with two attached hydrogens (primary N) is 1. The van der Waals surface area contributed by atoms with Crippen molar-refractivity contribution in [2.24, 2.45) is 10.7 Å². The Morgan fingerprint density at radius 1 is 1.13 bits per heavy atom. The van der Waals surface area contributed by atoms with Crippen LogP contribution >= 0.6 is 0 Å². The number of aliphatic imine (C=N–C) groups is 1. The van der Waals surface area contributed by atoms with Gasteiger partial charge in [-0.25, -0.2) is 9.78 Å². The number of aryl methyl sites for hydroxylation is 2. The number of carbonyl (C=O) groups excluding carboxylic acids is 2. The highest BCUT2D eigenvalue weighted by Crippen LogP contribution is 2.43. The second kappa shape index (κ2) is 11.7. The van der Waals surface area contributed by atoms with Gasteiger partial charge in [0, 0.05) is 18.2 Å². The number of aromatic nitrogens is 2. The minimum absolute atomic E-state index is 0.0960. The third kappa shape index (κ3) is 5.29. The molecule has 9 heteroatoms. The predicted molar refractivity (Wildman–Crippen MR) is 148 cm³/mol. The van der Waals surface area contributed by atoms with Gasteiger partial charge in [0.25, 0.3) is 5.91 Å². The van der Waals surface area contributed by atoms with Gasteiger partial charge in [-0.2, -0.15) is 4.99 Å². The Labute approximate surface area is 221 Å². The number of benzene rings is 3. The number of ether oxygens (including phenoxy) is 2. The number of isocyanates is 1. The van der Waals surface area contributed by atoms with Crippen molar-refractivity contribution in [3.63, 3.8) is 0 Å². The highest BCUT2D eigenvalue weighted by Gasteiger charge is 2.25. The van der Waals surface area contributed by atoms with Crippen LogP contribution in [0.3, 0.4) is 0 Å². The second-order valence-corrected chi connectivity index (χ2v) is 8.95. The Hall–Kier alpha value is -4.46. The van der Waals surface area contributed by atoms with Gasteiger partial charge < -0.3 is 25.1 Å². The minimum Gasteiger partial charge on any atom is -0.494 e. The molecular weight excluding hydrogens is 482 g/mol. The first-order chi connectivity index (χ1) is 18.4. The molecule has 1 heterocycles. The first kappa shape index (κ1) is 26.6. The Bertz CT molecular complexity index is 1520. The number of rotatable bonds is 10. The van der Waals surface area contributed by atoms with E-state index in [9.17, 15) is 9.59 Å². The summed E-state index contributed by atoms with van der Waals surface area (Å²) in [5.74, 6) is 1.25. The first-order valence-corrected chi connectivity index (χ1v) is 12.4. The lowest BCUT2D eigenvalue weighted by molar-refractivity contribution is 0.0992. The van der Waals surface area contributed by atoms with E-state index in [4.69, 9.17) is 15.2 Å². The fraction of sp³-hybridized carbons (Fsp3) is 0.276. The molecule has 1 aromatic heterocycles. The van der Waals surface area contributed by atoms with Gasteiger partial charge >= 0.3 is 0 Å². The average Bonchev–Trinajstić information content (AvgIpc) is 3.30. The number of nitrogens with zero attached hydrogens (tertiary/aromatic N) is 3. The Kier molecular flexibility index (Phi) is 8.21. The molecule has 0 saturated heterocycles. The molecule has 9 nitrogen and oxygen atoms in total. The largest absolute Gasteiger partial charge is 0.494 e. The molecule has 0 unspecified atom stereocenters. The van der Waals surface area contributed by atoms with E-state index in [0.29, 0.717) is 30.2 Å². The minimum atomic E-state index is -0.381. The number of hydrogen-bond acceptors (Lipinski definition) is 7. The van der Waals surface area contributed by atoms with E-state index in [-0.39, 0.29) is 22.9 Å². The van der Waals surface area contributed by atoms with Gasteiger partial charge in [0.05, 0.1) is 36.0 Å². The molecule has 0 saturated carbocycles. The smallest absolute Gasteiger partial charge is 0.260 e. The number of fused-ring (bicyclic) bond motifs is 1. The molecule has 0 fully saturated rings. The van der Waals surface area contributed by atoms with Crippen molar-refractivity contribution in [3.8, 4) is 22.6 Å². The number of aromatic amines is 1. The van der Waals surface area contributed by atoms with Crippen molar-refractivity contribution in [2.75, 3.05) is 32.2 Å². The summed E-state index contributed by atoms with van der Waals surface area (Å²) >= 11 is 0. The first-order valence-electron chi connectivity index (χ1n) is 12.4. The van der Waals surface area contributed by atoms with Gasteiger partial charge in [0.15, 0.2) is 5.75 Å². The zero-order valence-electron chi connectivity index (χ0n) is 22.0. The van der Waals surface area contributed by atoms with Crippen molar-refractivity contribution >= 4 is 34.4 Å². The van der Waals surface area contributed by atoms with Crippen LogP contribution in [0.5, 0.6) is 11.5 Å². The highest BCUT2D eigenvalue weighted by atomic mass is 16.5. The summed E-state index contributed by atoms with van der Waals surface area (Å²) in [4.78, 5) is 38.5. The van der Waals surface area contributed by atoms with Crippen LogP contribution in [0.15, 0.2) is 53.5 Å². The fourth-order valence-corrected chi connectivity index (χ4v) is 4.42. The number of amides is 1. The topological polar surface area (TPSA) is 123 Å². The summed E-state index contributed by atoms with van der Waals surface area (Å²) < 4.78 is 11.7. The number of unbranched alkanes of at least 4 members (excludes halogenated alkanes) is 1. The van der Waals surface area contributed by atoms with E-state index in [0.717, 1.165) is 40.8 Å². The Morgan fingerprint density at radius 2 is 1.95 bits per heavy atom. The SMILES string of the molecule is COc1c(-c2cccc3[nH]c(C)nc23)ccc(C(=O)N(C)c2ccc(C)cc2OCCCCN)c1N=C=O. The normalized spacial score (nSPS) is 10.8. The van der Waals surface area contributed by atoms with Gasteiger partial charge in [-0.15, -0.1) is 0 Å². The Balaban J connectivity index is 1.78. The summed E-state index contributed by atoms with van der Waals surface area (Å²) in [7, 11) is 3.13. The number of para-hydroxylation sites is 1. The van der Waals surface area contributed by atoms with E-state index >= 15 is 0 Å². The zero-order valence-corrected chi connectivity index (χ0v) is 22.0. The summed E-state index contributed by atoms with van der Waals surface area (Å²) in [6, 6.07) is 14.8. The van der Waals surface area contributed by atoms with Gasteiger partial charge in [-0.3, -0.25) is 4.79 Å². The quantitative estimate of drug-likeness (QED) is 0.170. The van der Waals surface area contributed by atoms with Gasteiger partial charge in [0.1, 0.15) is 17.3 Å². The van der Waals surface area contributed by atoms with Crippen LogP contribution in [0.1, 0.15) is 34.6 Å². The van der Waals surface area contributed by atoms with E-state index in [1.165, 1.54) is 12.0 Å². The molecule has 3 aromatic carbocycles. The average molecular weight is 514 g/mol. The second-order valence-electron chi connectivity index (χ2n) is 8.95. The van der Waals surface area contributed by atoms with Crippen molar-refractivity contribution in [2.45, 2.75) is 26.7 Å². The monoisotopic (exact) mass is 513 g/mol. The third-order valence-corrected chi connectivity index (χ3v) is 6.28. The molecule has 0 bridgehead atoms. The Morgan fingerprint density at radius 3 is 2.68 bits per heavy atom. The molecule has 0 aliphatic rings. The molecule has 0 atom stereocenters. The third-order valence-electron chi connectivity index (χ3n) is 6.28. The lowest BCUT2D eigenvalue weighted by Crippen LogP contribution is -2.27. The number of anilines is 1. The number of H-pyrrole nitrogens is 1. The van der Waals surface area contributed by atoms with Crippen LogP contribution in [0.2, 0.25) is 0 Å². The van der Waals surface area contributed by atoms with Gasteiger partial charge in [-0.1, -0.05) is 18.2 Å². The van der Waals surface area contributed by atoms with Crippen LogP contribution in [0.4, 0.5) is 11.4 Å². The zero-order chi connectivity index (χ0) is 27.2. The fourth-order valence-electron chi connectivity index (χ4n) is 4.42. The molecule has 1 amide bonds. The molecule has 38 heavy (non-hydrogen) atoms. The summed E-state index contributed by atoms with van der Waals surface area (Å²) in [6.45, 7) is 4.91. The lowest BCUT2D eigenvalue weighted by atomic mass is 9.98. The molecule has 0 radical (unpaired) electrons. The maximum absolute atomic E-state index is 13.8. The van der Waals surface area contributed by atoms with E-state index in [1.807, 2.05) is 50.2 Å². The summed E-state index contributed by atoms with van der Waals surface area (Å²) in [5, 5.41) is 0. The van der Waals surface area contributed by atoms with Crippen LogP contribution in [0, 0.1) is 13.8 Å².